The number of carboxylic acids is 1. The molecule has 0 spiro atoms. The van der Waals surface area contributed by atoms with Gasteiger partial charge in [-0.1, -0.05) is 13.0 Å². The smallest absolute Gasteiger partial charge is 0.335 e. The molecule has 0 amide bonds. The molecule has 1 aromatic rings. The van der Waals surface area contributed by atoms with Crippen molar-refractivity contribution < 1.29 is 39.4 Å². The van der Waals surface area contributed by atoms with Crippen molar-refractivity contribution in [3.8, 4) is 5.88 Å². The Morgan fingerprint density at radius 1 is 1.31 bits per heavy atom. The summed E-state index contributed by atoms with van der Waals surface area (Å²) >= 11 is 1.11. The van der Waals surface area contributed by atoms with Gasteiger partial charge in [-0.15, -0.1) is 4.37 Å². The number of nitrogens with zero attached hydrogens (tertiary/aromatic N) is 3. The lowest BCUT2D eigenvalue weighted by Gasteiger charge is -2.39. The van der Waals surface area contributed by atoms with Gasteiger partial charge in [0.15, 0.2) is 12.4 Å². The third-order valence-electron chi connectivity index (χ3n) is 5.61. The summed E-state index contributed by atoms with van der Waals surface area (Å²) in [5, 5.41) is 39.0. The van der Waals surface area contributed by atoms with Crippen molar-refractivity contribution in [2.75, 3.05) is 26.7 Å². The maximum absolute atomic E-state index is 11.2. The molecule has 0 saturated carbocycles. The predicted molar refractivity (Wildman–Crippen MR) is 114 cm³/mol. The average molecular weight is 474 g/mol. The topological polar surface area (TPSA) is 155 Å². The van der Waals surface area contributed by atoms with Crippen LogP contribution < -0.4 is 4.74 Å². The SMILES string of the molecule is CCC(CCCOc1nsnc1C1=CCCN(C)C1)O[C@@H]1O[C@H](C(=O)O)[C@@H](O)[C@H](O)[C@H]1O. The molecule has 6 atom stereocenters. The largest absolute Gasteiger partial charge is 0.479 e. The van der Waals surface area contributed by atoms with E-state index in [-0.39, 0.29) is 6.10 Å². The highest BCUT2D eigenvalue weighted by molar-refractivity contribution is 6.99. The predicted octanol–water partition coefficient (Wildman–Crippen LogP) is 0.103. The molecule has 1 fully saturated rings. The van der Waals surface area contributed by atoms with Crippen LogP contribution in [0.25, 0.3) is 5.57 Å². The van der Waals surface area contributed by atoms with E-state index in [9.17, 15) is 20.1 Å². The van der Waals surface area contributed by atoms with Crippen molar-refractivity contribution in [3.05, 3.63) is 11.8 Å². The molecule has 12 heteroatoms. The molecule has 3 heterocycles. The lowest BCUT2D eigenvalue weighted by Crippen LogP contribution is -2.60. The maximum Gasteiger partial charge on any atom is 0.335 e. The second-order valence-electron chi connectivity index (χ2n) is 8.07. The van der Waals surface area contributed by atoms with Crippen molar-refractivity contribution in [2.24, 2.45) is 0 Å². The third-order valence-corrected chi connectivity index (χ3v) is 6.12. The fourth-order valence-corrected chi connectivity index (χ4v) is 4.27. The van der Waals surface area contributed by atoms with Gasteiger partial charge in [-0.05, 0) is 38.3 Å². The Balaban J connectivity index is 1.49. The number of ether oxygens (including phenoxy) is 3. The summed E-state index contributed by atoms with van der Waals surface area (Å²) < 4.78 is 25.4. The average Bonchev–Trinajstić information content (AvgIpc) is 3.24. The van der Waals surface area contributed by atoms with Crippen LogP contribution in [0.2, 0.25) is 0 Å². The Morgan fingerprint density at radius 2 is 2.09 bits per heavy atom. The van der Waals surface area contributed by atoms with E-state index < -0.39 is 36.7 Å². The van der Waals surface area contributed by atoms with E-state index in [4.69, 9.17) is 19.3 Å². The van der Waals surface area contributed by atoms with Gasteiger partial charge in [-0.3, -0.25) is 0 Å². The number of carboxylic acid groups (broad SMARTS) is 1. The van der Waals surface area contributed by atoms with Crippen LogP contribution in [0.3, 0.4) is 0 Å². The first kappa shape index (κ1) is 25.0. The van der Waals surface area contributed by atoms with Crippen LogP contribution in [0.15, 0.2) is 6.08 Å². The molecule has 0 aromatic carbocycles. The first-order chi connectivity index (χ1) is 15.3. The van der Waals surface area contributed by atoms with Crippen LogP contribution in [0.5, 0.6) is 5.88 Å². The summed E-state index contributed by atoms with van der Waals surface area (Å²) in [7, 11) is 2.06. The summed E-state index contributed by atoms with van der Waals surface area (Å²) in [5.41, 5.74) is 1.88. The van der Waals surface area contributed by atoms with Crippen molar-refractivity contribution in [3.63, 3.8) is 0 Å². The molecule has 0 radical (unpaired) electrons. The van der Waals surface area contributed by atoms with E-state index in [0.29, 0.717) is 31.7 Å². The lowest BCUT2D eigenvalue weighted by atomic mass is 9.99. The van der Waals surface area contributed by atoms with Crippen molar-refractivity contribution in [2.45, 2.75) is 69.4 Å². The number of likely N-dealkylation sites (N-methyl/N-ethyl adjacent to an activating group) is 1. The minimum Gasteiger partial charge on any atom is -0.479 e. The molecular weight excluding hydrogens is 442 g/mol. The molecule has 32 heavy (non-hydrogen) atoms. The molecule has 11 nitrogen and oxygen atoms in total. The van der Waals surface area contributed by atoms with Gasteiger partial charge in [-0.2, -0.15) is 4.37 Å². The van der Waals surface area contributed by atoms with Gasteiger partial charge in [0.2, 0.25) is 0 Å². The zero-order valence-electron chi connectivity index (χ0n) is 18.2. The second kappa shape index (κ2) is 11.5. The number of rotatable bonds is 10. The van der Waals surface area contributed by atoms with Crippen LogP contribution in [-0.2, 0) is 14.3 Å². The van der Waals surface area contributed by atoms with Gasteiger partial charge in [0, 0.05) is 13.1 Å². The molecule has 2 aliphatic rings. The molecule has 4 N–H and O–H groups in total. The highest BCUT2D eigenvalue weighted by atomic mass is 32.1. The summed E-state index contributed by atoms with van der Waals surface area (Å²) in [6.45, 7) is 4.08. The number of hydrogen-bond acceptors (Lipinski definition) is 11. The number of aromatic nitrogens is 2. The molecule has 2 aliphatic heterocycles. The summed E-state index contributed by atoms with van der Waals surface area (Å²) in [6, 6.07) is 0. The second-order valence-corrected chi connectivity index (χ2v) is 8.59. The number of aliphatic carboxylic acids is 1. The first-order valence-electron chi connectivity index (χ1n) is 10.7. The fourth-order valence-electron chi connectivity index (χ4n) is 3.74. The van der Waals surface area contributed by atoms with Gasteiger partial charge in [0.05, 0.1) is 24.4 Å². The fraction of sp³-hybridized carbons (Fsp3) is 0.750. The molecule has 1 unspecified atom stereocenters. The number of carbonyl (C=O) groups is 1. The zero-order chi connectivity index (χ0) is 23.3. The number of hydrogen-bond donors (Lipinski definition) is 4. The van der Waals surface area contributed by atoms with Gasteiger partial charge < -0.3 is 39.5 Å². The van der Waals surface area contributed by atoms with E-state index in [1.807, 2.05) is 6.92 Å². The molecule has 0 bridgehead atoms. The Kier molecular flexibility index (Phi) is 8.94. The van der Waals surface area contributed by atoms with E-state index in [1.165, 1.54) is 0 Å². The molecule has 1 saturated heterocycles. The van der Waals surface area contributed by atoms with E-state index in [2.05, 4.69) is 26.8 Å². The van der Waals surface area contributed by atoms with Crippen molar-refractivity contribution in [1.29, 1.82) is 0 Å². The van der Waals surface area contributed by atoms with Crippen LogP contribution in [0, 0.1) is 0 Å². The maximum atomic E-state index is 11.2. The van der Waals surface area contributed by atoms with Gasteiger partial charge in [-0.25, -0.2) is 4.79 Å². The van der Waals surface area contributed by atoms with Crippen molar-refractivity contribution in [1.82, 2.24) is 13.6 Å². The van der Waals surface area contributed by atoms with Crippen molar-refractivity contribution >= 4 is 23.3 Å². The van der Waals surface area contributed by atoms with E-state index >= 15 is 0 Å². The van der Waals surface area contributed by atoms with E-state index in [1.54, 1.807) is 0 Å². The monoisotopic (exact) mass is 473 g/mol. The van der Waals surface area contributed by atoms with Gasteiger partial charge >= 0.3 is 5.97 Å². The normalized spacial score (nSPS) is 30.0. The molecule has 0 aliphatic carbocycles. The first-order valence-corrected chi connectivity index (χ1v) is 11.5. The molecular formula is C20H31N3O8S. The highest BCUT2D eigenvalue weighted by Gasteiger charge is 2.47. The summed E-state index contributed by atoms with van der Waals surface area (Å²) in [6.07, 6.45) is -3.51. The molecule has 180 valence electrons. The van der Waals surface area contributed by atoms with Crippen LogP contribution in [-0.4, -0.2) is 104 Å². The quantitative estimate of drug-likeness (QED) is 0.342. The summed E-state index contributed by atoms with van der Waals surface area (Å²) in [4.78, 5) is 13.5. The van der Waals surface area contributed by atoms with E-state index in [0.717, 1.165) is 42.5 Å². The lowest BCUT2D eigenvalue weighted by molar-refractivity contribution is -0.305. The standard InChI is InChI=1S/C20H31N3O8S/c1-3-12(30-20-16(26)14(24)15(25)17(31-20)19(27)28)7-5-9-29-18-13(21-32-22-18)11-6-4-8-23(2)10-11/h6,12,14-17,20,24-26H,3-5,7-10H2,1-2H3,(H,27,28)/t12?,14-,15-,16+,17-,20+/m0/s1. The molecule has 1 aromatic heterocycles. The molecule has 3 rings (SSSR count). The minimum atomic E-state index is -1.74. The minimum absolute atomic E-state index is 0.363. The Morgan fingerprint density at radius 3 is 2.78 bits per heavy atom. The van der Waals surface area contributed by atoms with Gasteiger partial charge in [0.25, 0.3) is 5.88 Å². The highest BCUT2D eigenvalue weighted by Crippen LogP contribution is 2.28. The Bertz CT molecular complexity index is 791. The number of aliphatic hydroxyl groups excluding tert-OH is 3. The number of aliphatic hydroxyl groups is 3. The summed E-state index contributed by atoms with van der Waals surface area (Å²) in [5.74, 6) is -0.927. The zero-order valence-corrected chi connectivity index (χ0v) is 19.0. The van der Waals surface area contributed by atoms with Crippen LogP contribution in [0.1, 0.15) is 38.3 Å². The van der Waals surface area contributed by atoms with Crippen LogP contribution in [0.4, 0.5) is 0 Å². The van der Waals surface area contributed by atoms with Crippen LogP contribution >= 0.6 is 11.7 Å². The third kappa shape index (κ3) is 6.01. The Hall–Kier alpha value is -1.67. The van der Waals surface area contributed by atoms with Gasteiger partial charge in [0.1, 0.15) is 24.0 Å². The Labute approximate surface area is 190 Å².